The van der Waals surface area contributed by atoms with Gasteiger partial charge in [0, 0.05) is 11.6 Å². The smallest absolute Gasteiger partial charge is 0.317 e. The Morgan fingerprint density at radius 1 is 1.29 bits per heavy atom. The zero-order chi connectivity index (χ0) is 15.4. The molecule has 5 heteroatoms. The molecule has 21 heavy (non-hydrogen) atoms. The van der Waals surface area contributed by atoms with Gasteiger partial charge in [0.05, 0.1) is 18.1 Å². The summed E-state index contributed by atoms with van der Waals surface area (Å²) in [5.74, 6) is 0.566. The first-order valence-electron chi connectivity index (χ1n) is 6.77. The normalized spacial score (nSPS) is 11.3. The van der Waals surface area contributed by atoms with Crippen molar-refractivity contribution >= 4 is 17.6 Å². The largest absolute Gasteiger partial charge is 0.480 e. The summed E-state index contributed by atoms with van der Waals surface area (Å²) in [5.41, 5.74) is 0.833. The summed E-state index contributed by atoms with van der Waals surface area (Å²) in [7, 11) is 0. The number of carbonyl (C=O) groups is 1. The van der Waals surface area contributed by atoms with Crippen LogP contribution in [0.3, 0.4) is 0 Å². The van der Waals surface area contributed by atoms with Gasteiger partial charge in [-0.25, -0.2) is 0 Å². The molecule has 1 heterocycles. The summed E-state index contributed by atoms with van der Waals surface area (Å²) in [6, 6.07) is 11.3. The molecule has 1 N–H and O–H groups in total. The third kappa shape index (κ3) is 4.09. The van der Waals surface area contributed by atoms with Gasteiger partial charge in [0.25, 0.3) is 0 Å². The van der Waals surface area contributed by atoms with Crippen LogP contribution < -0.4 is 0 Å². The first kappa shape index (κ1) is 15.6. The molecule has 2 rings (SSSR count). The lowest BCUT2D eigenvalue weighted by Gasteiger charge is -2.23. The Hall–Kier alpha value is -1.78. The predicted molar refractivity (Wildman–Crippen MR) is 82.3 cm³/mol. The lowest BCUT2D eigenvalue weighted by molar-refractivity contribution is -0.139. The van der Waals surface area contributed by atoms with Crippen LogP contribution in [0, 0.1) is 0 Å². The molecule has 0 fully saturated rings. The van der Waals surface area contributed by atoms with Crippen LogP contribution in [-0.4, -0.2) is 28.6 Å². The van der Waals surface area contributed by atoms with Crippen molar-refractivity contribution in [1.29, 1.82) is 0 Å². The van der Waals surface area contributed by atoms with E-state index in [1.807, 2.05) is 55.1 Å². The average Bonchev–Trinajstić information content (AvgIpc) is 2.86. The van der Waals surface area contributed by atoms with Crippen molar-refractivity contribution in [2.24, 2.45) is 0 Å². The zero-order valence-electron chi connectivity index (χ0n) is 12.0. The molecular weight excluding hydrogens is 290 g/mol. The molecule has 4 nitrogen and oxygen atoms in total. The minimum Gasteiger partial charge on any atom is -0.480 e. The van der Waals surface area contributed by atoms with Gasteiger partial charge in [-0.05, 0) is 38.1 Å². The number of benzene rings is 1. The van der Waals surface area contributed by atoms with Crippen LogP contribution in [0.25, 0.3) is 11.3 Å². The summed E-state index contributed by atoms with van der Waals surface area (Å²) >= 11 is 6.14. The predicted octanol–water partition coefficient (Wildman–Crippen LogP) is 3.90. The quantitative estimate of drug-likeness (QED) is 0.879. The Balaban J connectivity index is 2.16. The molecule has 1 aromatic carbocycles. The summed E-state index contributed by atoms with van der Waals surface area (Å²) in [5, 5.41) is 9.57. The van der Waals surface area contributed by atoms with Crippen LogP contribution in [-0.2, 0) is 11.3 Å². The molecular formula is C16H18ClNO3. The van der Waals surface area contributed by atoms with E-state index >= 15 is 0 Å². The molecule has 0 aliphatic rings. The fourth-order valence-electron chi connectivity index (χ4n) is 2.06. The highest BCUT2D eigenvalue weighted by Crippen LogP contribution is 2.29. The molecule has 0 unspecified atom stereocenters. The van der Waals surface area contributed by atoms with Crippen molar-refractivity contribution in [2.75, 3.05) is 6.54 Å². The van der Waals surface area contributed by atoms with Gasteiger partial charge in [-0.15, -0.1) is 0 Å². The molecule has 0 bridgehead atoms. The van der Waals surface area contributed by atoms with E-state index in [1.165, 1.54) is 0 Å². The number of hydrogen-bond acceptors (Lipinski definition) is 3. The Morgan fingerprint density at radius 2 is 2.00 bits per heavy atom. The second kappa shape index (κ2) is 6.78. The van der Waals surface area contributed by atoms with Crippen LogP contribution in [0.4, 0.5) is 0 Å². The third-order valence-electron chi connectivity index (χ3n) is 3.23. The minimum absolute atomic E-state index is 0.0141. The lowest BCUT2D eigenvalue weighted by atomic mass is 10.2. The highest BCUT2D eigenvalue weighted by atomic mass is 35.5. The Labute approximate surface area is 128 Å². The van der Waals surface area contributed by atoms with E-state index in [2.05, 4.69) is 0 Å². The topological polar surface area (TPSA) is 53.7 Å². The number of carboxylic acids is 1. The summed E-state index contributed by atoms with van der Waals surface area (Å²) < 4.78 is 5.79. The lowest BCUT2D eigenvalue weighted by Crippen LogP contribution is -2.34. The van der Waals surface area contributed by atoms with E-state index in [9.17, 15) is 4.79 Å². The van der Waals surface area contributed by atoms with Crippen molar-refractivity contribution in [3.8, 4) is 11.3 Å². The van der Waals surface area contributed by atoms with Gasteiger partial charge in [-0.3, -0.25) is 9.69 Å². The Bertz CT molecular complexity index is 621. The molecule has 0 saturated heterocycles. The molecule has 0 spiro atoms. The van der Waals surface area contributed by atoms with Gasteiger partial charge in [-0.1, -0.05) is 23.7 Å². The molecule has 112 valence electrons. The summed E-state index contributed by atoms with van der Waals surface area (Å²) in [4.78, 5) is 12.7. The highest BCUT2D eigenvalue weighted by molar-refractivity contribution is 6.33. The van der Waals surface area contributed by atoms with Crippen LogP contribution in [0.2, 0.25) is 5.02 Å². The van der Waals surface area contributed by atoms with Gasteiger partial charge in [0.1, 0.15) is 11.5 Å². The molecule has 2 aromatic rings. The number of hydrogen-bond donors (Lipinski definition) is 1. The number of furan rings is 1. The van der Waals surface area contributed by atoms with Gasteiger partial charge >= 0.3 is 5.97 Å². The summed E-state index contributed by atoms with van der Waals surface area (Å²) in [6.07, 6.45) is 0. The maximum Gasteiger partial charge on any atom is 0.317 e. The van der Waals surface area contributed by atoms with Crippen LogP contribution in [0.15, 0.2) is 40.8 Å². The van der Waals surface area contributed by atoms with Crippen molar-refractivity contribution in [3.05, 3.63) is 47.2 Å². The van der Waals surface area contributed by atoms with E-state index in [0.29, 0.717) is 17.3 Å². The first-order chi connectivity index (χ1) is 9.97. The fourth-order valence-corrected chi connectivity index (χ4v) is 2.29. The summed E-state index contributed by atoms with van der Waals surface area (Å²) in [6.45, 7) is 4.36. The number of halogens is 1. The molecule has 0 aliphatic heterocycles. The van der Waals surface area contributed by atoms with Gasteiger partial charge < -0.3 is 9.52 Å². The van der Waals surface area contributed by atoms with Crippen LogP contribution >= 0.6 is 11.6 Å². The second-order valence-electron chi connectivity index (χ2n) is 5.14. The van der Waals surface area contributed by atoms with Crippen LogP contribution in [0.5, 0.6) is 0 Å². The van der Waals surface area contributed by atoms with Crippen molar-refractivity contribution in [1.82, 2.24) is 4.90 Å². The standard InChI is InChI=1S/C16H18ClNO3/c1-11(2)18(10-16(19)20)9-12-7-8-15(21-12)13-5-3-4-6-14(13)17/h3-8,11H,9-10H2,1-2H3,(H,19,20). The first-order valence-corrected chi connectivity index (χ1v) is 7.14. The van der Waals surface area contributed by atoms with E-state index in [-0.39, 0.29) is 12.6 Å². The maximum atomic E-state index is 10.9. The van der Waals surface area contributed by atoms with Gasteiger partial charge in [0.15, 0.2) is 0 Å². The Kier molecular flexibility index (Phi) is 5.04. The molecule has 0 radical (unpaired) electrons. The number of nitrogens with zero attached hydrogens (tertiary/aromatic N) is 1. The zero-order valence-corrected chi connectivity index (χ0v) is 12.8. The van der Waals surface area contributed by atoms with E-state index in [0.717, 1.165) is 11.3 Å². The van der Waals surface area contributed by atoms with Crippen LogP contribution in [0.1, 0.15) is 19.6 Å². The average molecular weight is 308 g/mol. The van der Waals surface area contributed by atoms with Gasteiger partial charge in [0.2, 0.25) is 0 Å². The number of aliphatic carboxylic acids is 1. The van der Waals surface area contributed by atoms with Crippen molar-refractivity contribution < 1.29 is 14.3 Å². The Morgan fingerprint density at radius 3 is 2.62 bits per heavy atom. The third-order valence-corrected chi connectivity index (χ3v) is 3.56. The van der Waals surface area contributed by atoms with Gasteiger partial charge in [-0.2, -0.15) is 0 Å². The maximum absolute atomic E-state index is 10.9. The molecule has 1 aromatic heterocycles. The molecule has 0 amide bonds. The monoisotopic (exact) mass is 307 g/mol. The number of carboxylic acid groups (broad SMARTS) is 1. The van der Waals surface area contributed by atoms with E-state index in [4.69, 9.17) is 21.1 Å². The van der Waals surface area contributed by atoms with E-state index in [1.54, 1.807) is 0 Å². The SMILES string of the molecule is CC(C)N(CC(=O)O)Cc1ccc(-c2ccccc2Cl)o1. The highest BCUT2D eigenvalue weighted by Gasteiger charge is 2.16. The molecule has 0 saturated carbocycles. The van der Waals surface area contributed by atoms with E-state index < -0.39 is 5.97 Å². The second-order valence-corrected chi connectivity index (χ2v) is 5.55. The number of rotatable bonds is 6. The molecule has 0 aliphatic carbocycles. The van der Waals surface area contributed by atoms with Crippen molar-refractivity contribution in [3.63, 3.8) is 0 Å². The fraction of sp³-hybridized carbons (Fsp3) is 0.312. The molecule has 0 atom stereocenters. The van der Waals surface area contributed by atoms with Crippen molar-refractivity contribution in [2.45, 2.75) is 26.4 Å². The minimum atomic E-state index is -0.846.